The van der Waals surface area contributed by atoms with Gasteiger partial charge >= 0.3 is 0 Å². The number of hydrogen-bond acceptors (Lipinski definition) is 4. The van der Waals surface area contributed by atoms with E-state index in [0.717, 1.165) is 49.9 Å². The van der Waals surface area contributed by atoms with E-state index in [4.69, 9.17) is 14.2 Å². The van der Waals surface area contributed by atoms with Gasteiger partial charge in [0.05, 0.1) is 19.3 Å². The van der Waals surface area contributed by atoms with Crippen molar-refractivity contribution >= 4 is 5.96 Å². The molecular formula is C24H39N3O3. The van der Waals surface area contributed by atoms with Crippen molar-refractivity contribution in [3.8, 4) is 5.75 Å². The van der Waals surface area contributed by atoms with Crippen LogP contribution < -0.4 is 15.4 Å². The van der Waals surface area contributed by atoms with Crippen molar-refractivity contribution in [3.63, 3.8) is 0 Å². The minimum absolute atomic E-state index is 0.141. The van der Waals surface area contributed by atoms with E-state index in [0.29, 0.717) is 19.1 Å². The molecule has 0 radical (unpaired) electrons. The SMILES string of the molecule is CN=C(NCc1ccc(C)cc1OC1CCOC1)NCC1CCCOC1C(C)(C)C. The third kappa shape index (κ3) is 6.35. The highest BCUT2D eigenvalue weighted by Crippen LogP contribution is 2.33. The largest absolute Gasteiger partial charge is 0.488 e. The molecule has 30 heavy (non-hydrogen) atoms. The number of ether oxygens (including phenoxy) is 3. The summed E-state index contributed by atoms with van der Waals surface area (Å²) in [7, 11) is 1.82. The molecule has 2 aliphatic heterocycles. The summed E-state index contributed by atoms with van der Waals surface area (Å²) in [5, 5.41) is 6.96. The van der Waals surface area contributed by atoms with Crippen LogP contribution in [0.4, 0.5) is 0 Å². The first-order chi connectivity index (χ1) is 14.4. The predicted molar refractivity (Wildman–Crippen MR) is 121 cm³/mol. The fraction of sp³-hybridized carbons (Fsp3) is 0.708. The Morgan fingerprint density at radius 3 is 2.73 bits per heavy atom. The molecule has 1 aromatic rings. The standard InChI is InChI=1S/C24H39N3O3/c1-17-8-9-18(21(13-17)30-20-10-12-28-16-20)14-26-23(25-5)27-15-19-7-6-11-29-22(19)24(2,3)4/h8-9,13,19-20,22H,6-7,10-12,14-16H2,1-5H3,(H2,25,26,27). The van der Waals surface area contributed by atoms with Crippen LogP contribution in [0.3, 0.4) is 0 Å². The molecule has 2 fully saturated rings. The second-order valence-electron chi connectivity index (χ2n) is 9.58. The number of nitrogens with one attached hydrogen (secondary N) is 2. The van der Waals surface area contributed by atoms with Crippen molar-refractivity contribution in [1.82, 2.24) is 10.6 Å². The van der Waals surface area contributed by atoms with Gasteiger partial charge in [0.1, 0.15) is 11.9 Å². The lowest BCUT2D eigenvalue weighted by molar-refractivity contribution is -0.0835. The Morgan fingerprint density at radius 1 is 1.20 bits per heavy atom. The summed E-state index contributed by atoms with van der Waals surface area (Å²) in [4.78, 5) is 4.42. The lowest BCUT2D eigenvalue weighted by Crippen LogP contribution is -2.47. The average molecular weight is 418 g/mol. The van der Waals surface area contributed by atoms with E-state index in [1.807, 2.05) is 7.05 Å². The average Bonchev–Trinajstić information content (AvgIpc) is 3.22. The molecule has 1 aromatic carbocycles. The van der Waals surface area contributed by atoms with Crippen LogP contribution in [-0.2, 0) is 16.0 Å². The Hall–Kier alpha value is -1.79. The van der Waals surface area contributed by atoms with Crippen molar-refractivity contribution in [2.75, 3.05) is 33.4 Å². The van der Waals surface area contributed by atoms with Gasteiger partial charge in [-0.1, -0.05) is 32.9 Å². The normalized spacial score (nSPS) is 25.2. The van der Waals surface area contributed by atoms with Gasteiger partial charge < -0.3 is 24.8 Å². The van der Waals surface area contributed by atoms with E-state index >= 15 is 0 Å². The van der Waals surface area contributed by atoms with Crippen LogP contribution in [0.5, 0.6) is 5.75 Å². The van der Waals surface area contributed by atoms with E-state index in [1.165, 1.54) is 12.0 Å². The molecule has 0 aromatic heterocycles. The van der Waals surface area contributed by atoms with Gasteiger partial charge in [0.15, 0.2) is 5.96 Å². The van der Waals surface area contributed by atoms with E-state index in [1.54, 1.807) is 0 Å². The summed E-state index contributed by atoms with van der Waals surface area (Å²) < 4.78 is 17.8. The van der Waals surface area contributed by atoms with E-state index in [9.17, 15) is 0 Å². The van der Waals surface area contributed by atoms with Crippen LogP contribution in [-0.4, -0.2) is 51.6 Å². The molecule has 3 atom stereocenters. The summed E-state index contributed by atoms with van der Waals surface area (Å²) in [6.45, 7) is 12.7. The monoisotopic (exact) mass is 417 g/mol. The molecule has 6 heteroatoms. The van der Waals surface area contributed by atoms with Crippen LogP contribution in [0.1, 0.15) is 51.2 Å². The fourth-order valence-corrected chi connectivity index (χ4v) is 4.34. The van der Waals surface area contributed by atoms with Gasteiger partial charge in [-0.2, -0.15) is 0 Å². The van der Waals surface area contributed by atoms with E-state index in [2.05, 4.69) is 61.5 Å². The van der Waals surface area contributed by atoms with E-state index < -0.39 is 0 Å². The van der Waals surface area contributed by atoms with Crippen molar-refractivity contribution in [2.45, 2.75) is 65.7 Å². The van der Waals surface area contributed by atoms with Gasteiger partial charge in [0.25, 0.3) is 0 Å². The highest BCUT2D eigenvalue weighted by Gasteiger charge is 2.35. The Morgan fingerprint density at radius 2 is 2.03 bits per heavy atom. The van der Waals surface area contributed by atoms with Crippen LogP contribution in [0.15, 0.2) is 23.2 Å². The predicted octanol–water partition coefficient (Wildman–Crippen LogP) is 3.67. The Labute approximate surface area is 181 Å². The maximum Gasteiger partial charge on any atom is 0.191 e. The molecule has 0 amide bonds. The molecule has 2 aliphatic rings. The molecule has 0 saturated carbocycles. The van der Waals surface area contributed by atoms with Gasteiger partial charge in [-0.3, -0.25) is 4.99 Å². The van der Waals surface area contributed by atoms with Gasteiger partial charge in [0, 0.05) is 44.6 Å². The van der Waals surface area contributed by atoms with Crippen molar-refractivity contribution < 1.29 is 14.2 Å². The fourth-order valence-electron chi connectivity index (χ4n) is 4.34. The first-order valence-electron chi connectivity index (χ1n) is 11.3. The molecule has 2 N–H and O–H groups in total. The van der Waals surface area contributed by atoms with Gasteiger partial charge in [-0.05, 0) is 36.8 Å². The lowest BCUT2D eigenvalue weighted by Gasteiger charge is -2.40. The highest BCUT2D eigenvalue weighted by atomic mass is 16.5. The molecule has 0 aliphatic carbocycles. The molecule has 0 bridgehead atoms. The number of guanidine groups is 1. The lowest BCUT2D eigenvalue weighted by atomic mass is 9.78. The molecule has 3 unspecified atom stereocenters. The van der Waals surface area contributed by atoms with Crippen LogP contribution in [0, 0.1) is 18.3 Å². The summed E-state index contributed by atoms with van der Waals surface area (Å²) >= 11 is 0. The number of benzene rings is 1. The summed E-state index contributed by atoms with van der Waals surface area (Å²) in [6.07, 6.45) is 3.67. The van der Waals surface area contributed by atoms with Gasteiger partial charge in [0.2, 0.25) is 0 Å². The second-order valence-corrected chi connectivity index (χ2v) is 9.58. The first kappa shape index (κ1) is 22.9. The Bertz CT molecular complexity index is 708. The number of aryl methyl sites for hydroxylation is 1. The molecule has 6 nitrogen and oxygen atoms in total. The zero-order valence-electron chi connectivity index (χ0n) is 19.3. The van der Waals surface area contributed by atoms with Crippen LogP contribution >= 0.6 is 0 Å². The maximum atomic E-state index is 6.22. The topological polar surface area (TPSA) is 64.1 Å². The van der Waals surface area contributed by atoms with Crippen LogP contribution in [0.25, 0.3) is 0 Å². The van der Waals surface area contributed by atoms with Gasteiger partial charge in [-0.25, -0.2) is 0 Å². The van der Waals surface area contributed by atoms with Crippen LogP contribution in [0.2, 0.25) is 0 Å². The zero-order chi connectivity index (χ0) is 21.6. The summed E-state index contributed by atoms with van der Waals surface area (Å²) in [6, 6.07) is 6.36. The number of hydrogen-bond donors (Lipinski definition) is 2. The van der Waals surface area contributed by atoms with Crippen molar-refractivity contribution in [1.29, 1.82) is 0 Å². The minimum atomic E-state index is 0.141. The van der Waals surface area contributed by atoms with Crippen molar-refractivity contribution in [3.05, 3.63) is 29.3 Å². The molecule has 0 spiro atoms. The maximum absolute atomic E-state index is 6.22. The molecule has 3 rings (SSSR count). The smallest absolute Gasteiger partial charge is 0.191 e. The quantitative estimate of drug-likeness (QED) is 0.546. The molecule has 2 heterocycles. The Balaban J connectivity index is 1.56. The van der Waals surface area contributed by atoms with Gasteiger partial charge in [-0.15, -0.1) is 0 Å². The first-order valence-corrected chi connectivity index (χ1v) is 11.3. The molecule has 168 valence electrons. The zero-order valence-corrected chi connectivity index (χ0v) is 19.3. The Kier molecular flexibility index (Phi) is 8.00. The van der Waals surface area contributed by atoms with Crippen molar-refractivity contribution in [2.24, 2.45) is 16.3 Å². The molecule has 2 saturated heterocycles. The number of nitrogens with zero attached hydrogens (tertiary/aromatic N) is 1. The summed E-state index contributed by atoms with van der Waals surface area (Å²) in [5.41, 5.74) is 2.46. The summed E-state index contributed by atoms with van der Waals surface area (Å²) in [5.74, 6) is 2.23. The highest BCUT2D eigenvalue weighted by molar-refractivity contribution is 5.79. The molecular weight excluding hydrogens is 378 g/mol. The second kappa shape index (κ2) is 10.5. The van der Waals surface area contributed by atoms with E-state index in [-0.39, 0.29) is 17.6 Å². The number of aliphatic imine (C=N–C) groups is 1. The minimum Gasteiger partial charge on any atom is -0.488 e. The number of rotatable bonds is 6. The third-order valence-corrected chi connectivity index (χ3v) is 5.90. The third-order valence-electron chi connectivity index (χ3n) is 5.90.